The molecule has 0 aliphatic carbocycles. The van der Waals surface area contributed by atoms with Crippen molar-refractivity contribution in [2.45, 2.75) is 26.0 Å². The Morgan fingerprint density at radius 2 is 2.11 bits per heavy atom. The van der Waals surface area contributed by atoms with Crippen LogP contribution in [0, 0.1) is 0 Å². The van der Waals surface area contributed by atoms with Gasteiger partial charge in [0.1, 0.15) is 5.01 Å². The van der Waals surface area contributed by atoms with Crippen molar-refractivity contribution in [1.29, 1.82) is 0 Å². The number of thiazole rings is 1. The van der Waals surface area contributed by atoms with Gasteiger partial charge in [0.2, 0.25) is 0 Å². The van der Waals surface area contributed by atoms with Crippen molar-refractivity contribution in [3.8, 4) is 0 Å². The molecule has 0 aliphatic heterocycles. The van der Waals surface area contributed by atoms with Crippen molar-refractivity contribution in [3.05, 3.63) is 52.0 Å². The third kappa shape index (κ3) is 4.13. The number of nitrogens with one attached hydrogen (secondary N) is 1. The lowest BCUT2D eigenvalue weighted by molar-refractivity contribution is 0.133. The first-order valence-corrected chi connectivity index (χ1v) is 7.44. The van der Waals surface area contributed by atoms with Crippen LogP contribution >= 0.6 is 11.3 Å². The predicted octanol–water partition coefficient (Wildman–Crippen LogP) is 3.18. The highest BCUT2D eigenvalue weighted by Gasteiger charge is 2.12. The van der Waals surface area contributed by atoms with Crippen molar-refractivity contribution in [3.63, 3.8) is 0 Å². The summed E-state index contributed by atoms with van der Waals surface area (Å²) in [4.78, 5) is 4.61. The Balaban J connectivity index is 2.00. The number of nitrogens with zero attached hydrogens (tertiary/aromatic N) is 1. The van der Waals surface area contributed by atoms with Crippen LogP contribution in [-0.2, 0) is 17.8 Å². The Morgan fingerprint density at radius 1 is 1.32 bits per heavy atom. The van der Waals surface area contributed by atoms with E-state index in [0.29, 0.717) is 12.6 Å². The van der Waals surface area contributed by atoms with E-state index in [1.165, 1.54) is 5.56 Å². The predicted molar refractivity (Wildman–Crippen MR) is 79.4 cm³/mol. The molecule has 1 aromatic heterocycles. The lowest BCUT2D eigenvalue weighted by Gasteiger charge is -2.15. The van der Waals surface area contributed by atoms with Crippen LogP contribution in [0.2, 0.25) is 0 Å². The average molecular weight is 276 g/mol. The molecule has 1 N–H and O–H groups in total. The normalized spacial score (nSPS) is 12.5. The molecule has 1 atom stereocenters. The number of hydrogen-bond donors (Lipinski definition) is 1. The van der Waals surface area contributed by atoms with E-state index in [4.69, 9.17) is 4.74 Å². The first kappa shape index (κ1) is 14.2. The zero-order valence-electron chi connectivity index (χ0n) is 11.4. The van der Waals surface area contributed by atoms with Crippen molar-refractivity contribution >= 4 is 11.3 Å². The van der Waals surface area contributed by atoms with Crippen LogP contribution in [-0.4, -0.2) is 18.6 Å². The smallest absolute Gasteiger partial charge is 0.119 e. The number of likely N-dealkylation sites (N-methyl/N-ethyl adjacent to an activating group) is 1. The second-order valence-electron chi connectivity index (χ2n) is 4.33. The summed E-state index contributed by atoms with van der Waals surface area (Å²) in [6.45, 7) is 3.36. The van der Waals surface area contributed by atoms with Gasteiger partial charge < -0.3 is 10.1 Å². The molecule has 3 nitrogen and oxygen atoms in total. The summed E-state index contributed by atoms with van der Waals surface area (Å²) in [6, 6.07) is 10.8. The van der Waals surface area contributed by atoms with Gasteiger partial charge in [0, 0.05) is 24.4 Å². The molecule has 0 saturated carbocycles. The van der Waals surface area contributed by atoms with E-state index in [-0.39, 0.29) is 0 Å². The first-order chi connectivity index (χ1) is 9.33. The van der Waals surface area contributed by atoms with Gasteiger partial charge in [-0.05, 0) is 19.5 Å². The van der Waals surface area contributed by atoms with E-state index in [1.54, 1.807) is 11.3 Å². The fourth-order valence-electron chi connectivity index (χ4n) is 1.98. The van der Waals surface area contributed by atoms with Gasteiger partial charge in [-0.15, -0.1) is 11.3 Å². The third-order valence-electron chi connectivity index (χ3n) is 2.99. The Hall–Kier alpha value is -1.23. The summed E-state index contributed by atoms with van der Waals surface area (Å²) in [7, 11) is 1.99. The van der Waals surface area contributed by atoms with Gasteiger partial charge >= 0.3 is 0 Å². The molecule has 2 aromatic rings. The fraction of sp³-hybridized carbons (Fsp3) is 0.400. The molecule has 4 heteroatoms. The monoisotopic (exact) mass is 276 g/mol. The van der Waals surface area contributed by atoms with Gasteiger partial charge in [0.05, 0.1) is 12.3 Å². The van der Waals surface area contributed by atoms with Gasteiger partial charge in [0.25, 0.3) is 0 Å². The minimum Gasteiger partial charge on any atom is -0.375 e. The van der Waals surface area contributed by atoms with Crippen molar-refractivity contribution in [2.75, 3.05) is 13.7 Å². The molecular formula is C15H20N2OS. The standard InChI is InChI=1S/C15H20N2OS/c1-3-18-10-15-17-13(11-19-15)9-14(16-2)12-7-5-4-6-8-12/h4-8,11,14,16H,3,9-10H2,1-2H3. The SMILES string of the molecule is CCOCc1nc(CC(NC)c2ccccc2)cs1. The molecular weight excluding hydrogens is 256 g/mol. The molecule has 0 amide bonds. The molecule has 0 bridgehead atoms. The van der Waals surface area contributed by atoms with E-state index < -0.39 is 0 Å². The molecule has 0 saturated heterocycles. The highest BCUT2D eigenvalue weighted by atomic mass is 32.1. The maximum absolute atomic E-state index is 5.38. The van der Waals surface area contributed by atoms with Crippen LogP contribution in [0.4, 0.5) is 0 Å². The van der Waals surface area contributed by atoms with Crippen LogP contribution < -0.4 is 5.32 Å². The quantitative estimate of drug-likeness (QED) is 0.843. The van der Waals surface area contributed by atoms with Gasteiger partial charge in [-0.1, -0.05) is 30.3 Å². The van der Waals surface area contributed by atoms with E-state index in [1.807, 2.05) is 20.0 Å². The van der Waals surface area contributed by atoms with Gasteiger partial charge in [0.15, 0.2) is 0 Å². The van der Waals surface area contributed by atoms with Crippen molar-refractivity contribution < 1.29 is 4.74 Å². The second kappa shape index (κ2) is 7.38. The van der Waals surface area contributed by atoms with E-state index >= 15 is 0 Å². The molecule has 1 aromatic carbocycles. The topological polar surface area (TPSA) is 34.1 Å². The third-order valence-corrected chi connectivity index (χ3v) is 3.86. The minimum atomic E-state index is 0.309. The summed E-state index contributed by atoms with van der Waals surface area (Å²) in [5, 5.41) is 6.53. The van der Waals surface area contributed by atoms with Crippen molar-refractivity contribution in [2.24, 2.45) is 0 Å². The highest BCUT2D eigenvalue weighted by Crippen LogP contribution is 2.19. The Bertz CT molecular complexity index is 484. The van der Waals surface area contributed by atoms with Crippen LogP contribution in [0.15, 0.2) is 35.7 Å². The summed E-state index contributed by atoms with van der Waals surface area (Å²) < 4.78 is 5.38. The largest absolute Gasteiger partial charge is 0.375 e. The summed E-state index contributed by atoms with van der Waals surface area (Å²) in [5.41, 5.74) is 2.42. The summed E-state index contributed by atoms with van der Waals surface area (Å²) in [6.07, 6.45) is 0.906. The van der Waals surface area contributed by atoms with Crippen LogP contribution in [0.5, 0.6) is 0 Å². The van der Waals surface area contributed by atoms with Crippen LogP contribution in [0.3, 0.4) is 0 Å². The number of aromatic nitrogens is 1. The molecule has 0 aliphatic rings. The molecule has 0 spiro atoms. The zero-order chi connectivity index (χ0) is 13.5. The molecule has 0 radical (unpaired) electrons. The van der Waals surface area contributed by atoms with Gasteiger partial charge in [-0.2, -0.15) is 0 Å². The maximum Gasteiger partial charge on any atom is 0.119 e. The molecule has 0 fully saturated rings. The van der Waals surface area contributed by atoms with E-state index in [9.17, 15) is 0 Å². The number of rotatable bonds is 7. The number of ether oxygens (including phenoxy) is 1. The molecule has 2 rings (SSSR count). The number of benzene rings is 1. The maximum atomic E-state index is 5.38. The van der Waals surface area contributed by atoms with Crippen LogP contribution in [0.25, 0.3) is 0 Å². The number of hydrogen-bond acceptors (Lipinski definition) is 4. The van der Waals surface area contributed by atoms with E-state index in [2.05, 4.69) is 39.9 Å². The fourth-order valence-corrected chi connectivity index (χ4v) is 2.72. The lowest BCUT2D eigenvalue weighted by atomic mass is 10.0. The Labute approximate surface area is 118 Å². The molecule has 1 unspecified atom stereocenters. The van der Waals surface area contributed by atoms with E-state index in [0.717, 1.165) is 23.7 Å². The molecule has 19 heavy (non-hydrogen) atoms. The van der Waals surface area contributed by atoms with Gasteiger partial charge in [-0.3, -0.25) is 0 Å². The lowest BCUT2D eigenvalue weighted by Crippen LogP contribution is -2.18. The first-order valence-electron chi connectivity index (χ1n) is 6.56. The molecule has 1 heterocycles. The zero-order valence-corrected chi connectivity index (χ0v) is 12.2. The molecule has 102 valence electrons. The summed E-state index contributed by atoms with van der Waals surface area (Å²) in [5.74, 6) is 0. The Morgan fingerprint density at radius 3 is 2.79 bits per heavy atom. The van der Waals surface area contributed by atoms with Gasteiger partial charge in [-0.25, -0.2) is 4.98 Å². The summed E-state index contributed by atoms with van der Waals surface area (Å²) >= 11 is 1.67. The highest BCUT2D eigenvalue weighted by molar-refractivity contribution is 7.09. The average Bonchev–Trinajstić information content (AvgIpc) is 2.91. The van der Waals surface area contributed by atoms with Crippen LogP contribution in [0.1, 0.15) is 29.2 Å². The Kier molecular flexibility index (Phi) is 5.51. The van der Waals surface area contributed by atoms with Crippen molar-refractivity contribution in [1.82, 2.24) is 10.3 Å². The minimum absolute atomic E-state index is 0.309. The second-order valence-corrected chi connectivity index (χ2v) is 5.27.